The van der Waals surface area contributed by atoms with Crippen molar-refractivity contribution in [2.75, 3.05) is 11.9 Å². The van der Waals surface area contributed by atoms with Crippen LogP contribution in [0.1, 0.15) is 16.3 Å². The van der Waals surface area contributed by atoms with E-state index in [1.54, 1.807) is 30.3 Å². The van der Waals surface area contributed by atoms with Crippen molar-refractivity contribution in [2.45, 2.75) is 6.61 Å². The van der Waals surface area contributed by atoms with Crippen molar-refractivity contribution in [2.24, 2.45) is 0 Å². The summed E-state index contributed by atoms with van der Waals surface area (Å²) in [4.78, 5) is 23.7. The number of amides is 1. The molecular weight excluding hydrogens is 334 g/mol. The molecule has 0 bridgehead atoms. The van der Waals surface area contributed by atoms with E-state index in [1.165, 1.54) is 6.07 Å². The number of nitrogens with one attached hydrogen (secondary N) is 1. The number of para-hydroxylation sites is 2. The maximum atomic E-state index is 12.0. The Labute approximate surface area is 150 Å². The van der Waals surface area contributed by atoms with Crippen LogP contribution in [0.2, 0.25) is 0 Å². The molecule has 6 nitrogen and oxygen atoms in total. The van der Waals surface area contributed by atoms with Gasteiger partial charge in [0.1, 0.15) is 18.1 Å². The Morgan fingerprint density at radius 3 is 2.31 bits per heavy atom. The van der Waals surface area contributed by atoms with E-state index >= 15 is 0 Å². The predicted octanol–water partition coefficient (Wildman–Crippen LogP) is 3.65. The van der Waals surface area contributed by atoms with E-state index in [-0.39, 0.29) is 12.4 Å². The number of esters is 1. The van der Waals surface area contributed by atoms with E-state index < -0.39 is 18.5 Å². The van der Waals surface area contributed by atoms with Crippen molar-refractivity contribution in [3.8, 4) is 5.75 Å². The molecule has 1 heterocycles. The molecule has 0 aliphatic rings. The van der Waals surface area contributed by atoms with Crippen molar-refractivity contribution >= 4 is 17.6 Å². The molecule has 0 aliphatic heterocycles. The predicted molar refractivity (Wildman–Crippen MR) is 94.8 cm³/mol. The van der Waals surface area contributed by atoms with Gasteiger partial charge in [0.15, 0.2) is 6.61 Å². The molecule has 26 heavy (non-hydrogen) atoms. The van der Waals surface area contributed by atoms with Gasteiger partial charge in [0.25, 0.3) is 5.91 Å². The summed E-state index contributed by atoms with van der Waals surface area (Å²) in [7, 11) is 0. The van der Waals surface area contributed by atoms with Crippen LogP contribution in [0.4, 0.5) is 5.69 Å². The van der Waals surface area contributed by atoms with Gasteiger partial charge in [-0.15, -0.1) is 0 Å². The normalized spacial score (nSPS) is 10.2. The van der Waals surface area contributed by atoms with Gasteiger partial charge in [-0.3, -0.25) is 4.79 Å². The molecule has 0 radical (unpaired) electrons. The van der Waals surface area contributed by atoms with E-state index in [2.05, 4.69) is 5.32 Å². The third kappa shape index (κ3) is 4.98. The summed E-state index contributed by atoms with van der Waals surface area (Å²) >= 11 is 0. The lowest BCUT2D eigenvalue weighted by Crippen LogP contribution is -2.20. The zero-order chi connectivity index (χ0) is 18.2. The Balaban J connectivity index is 1.46. The summed E-state index contributed by atoms with van der Waals surface area (Å²) in [6.07, 6.45) is 0. The van der Waals surface area contributed by atoms with E-state index in [9.17, 15) is 9.59 Å². The standard InChI is InChI=1S/C20H17NO5/c22-19(21-15-7-3-1-4-8-15)14-25-20(23)18-12-11-17(26-18)13-24-16-9-5-2-6-10-16/h1-12H,13-14H2,(H,21,22). The number of anilines is 1. The fourth-order valence-electron chi connectivity index (χ4n) is 2.16. The van der Waals surface area contributed by atoms with Gasteiger partial charge >= 0.3 is 5.97 Å². The second-order valence-corrected chi connectivity index (χ2v) is 5.36. The van der Waals surface area contributed by atoms with Crippen LogP contribution in [0.3, 0.4) is 0 Å². The van der Waals surface area contributed by atoms with Crippen LogP contribution < -0.4 is 10.1 Å². The SMILES string of the molecule is O=C(COC(=O)c1ccc(COc2ccccc2)o1)Nc1ccccc1. The fraction of sp³-hybridized carbons (Fsp3) is 0.100. The van der Waals surface area contributed by atoms with E-state index in [1.807, 2.05) is 36.4 Å². The molecule has 2 aromatic carbocycles. The minimum atomic E-state index is -0.709. The Kier molecular flexibility index (Phi) is 5.67. The Morgan fingerprint density at radius 2 is 1.58 bits per heavy atom. The zero-order valence-corrected chi connectivity index (χ0v) is 13.9. The average molecular weight is 351 g/mol. The molecular formula is C20H17NO5. The van der Waals surface area contributed by atoms with Gasteiger partial charge in [-0.05, 0) is 36.4 Å². The minimum absolute atomic E-state index is 0.0178. The largest absolute Gasteiger partial charge is 0.486 e. The molecule has 0 saturated carbocycles. The molecule has 1 amide bonds. The van der Waals surface area contributed by atoms with E-state index in [4.69, 9.17) is 13.9 Å². The van der Waals surface area contributed by atoms with Crippen molar-refractivity contribution in [1.82, 2.24) is 0 Å². The van der Waals surface area contributed by atoms with Gasteiger partial charge in [0, 0.05) is 5.69 Å². The van der Waals surface area contributed by atoms with Crippen molar-refractivity contribution in [1.29, 1.82) is 0 Å². The summed E-state index contributed by atoms with van der Waals surface area (Å²) in [5.74, 6) is 0.0623. The first-order chi connectivity index (χ1) is 12.7. The number of carbonyl (C=O) groups is 2. The van der Waals surface area contributed by atoms with E-state index in [0.717, 1.165) is 0 Å². The average Bonchev–Trinajstić information content (AvgIpc) is 3.15. The first-order valence-electron chi connectivity index (χ1n) is 7.99. The quantitative estimate of drug-likeness (QED) is 0.657. The summed E-state index contributed by atoms with van der Waals surface area (Å²) in [5, 5.41) is 2.63. The highest BCUT2D eigenvalue weighted by Gasteiger charge is 2.15. The van der Waals surface area contributed by atoms with Crippen molar-refractivity contribution in [3.63, 3.8) is 0 Å². The van der Waals surface area contributed by atoms with Gasteiger partial charge in [-0.25, -0.2) is 4.79 Å². The number of furan rings is 1. The molecule has 6 heteroatoms. The minimum Gasteiger partial charge on any atom is -0.486 e. The molecule has 1 aromatic heterocycles. The number of hydrogen-bond donors (Lipinski definition) is 1. The Bertz CT molecular complexity index is 858. The topological polar surface area (TPSA) is 77.8 Å². The number of carbonyl (C=O) groups excluding carboxylic acids is 2. The van der Waals surface area contributed by atoms with Crippen molar-refractivity contribution in [3.05, 3.63) is 84.3 Å². The Morgan fingerprint density at radius 1 is 0.885 bits per heavy atom. The molecule has 0 fully saturated rings. The van der Waals surface area contributed by atoms with Gasteiger partial charge in [0.2, 0.25) is 5.76 Å². The summed E-state index contributed by atoms with van der Waals surface area (Å²) < 4.78 is 15.9. The molecule has 0 unspecified atom stereocenters. The number of benzene rings is 2. The van der Waals surface area contributed by atoms with Crippen LogP contribution in [-0.2, 0) is 16.1 Å². The van der Waals surface area contributed by atoms with Gasteiger partial charge in [-0.1, -0.05) is 36.4 Å². The third-order valence-electron chi connectivity index (χ3n) is 3.38. The lowest BCUT2D eigenvalue weighted by molar-refractivity contribution is -0.119. The highest BCUT2D eigenvalue weighted by molar-refractivity contribution is 5.94. The third-order valence-corrected chi connectivity index (χ3v) is 3.38. The van der Waals surface area contributed by atoms with Crippen LogP contribution in [0.25, 0.3) is 0 Å². The molecule has 0 saturated heterocycles. The van der Waals surface area contributed by atoms with Crippen LogP contribution in [0.5, 0.6) is 5.75 Å². The van der Waals surface area contributed by atoms with Gasteiger partial charge in [-0.2, -0.15) is 0 Å². The maximum absolute atomic E-state index is 12.0. The van der Waals surface area contributed by atoms with Crippen LogP contribution in [-0.4, -0.2) is 18.5 Å². The molecule has 3 aromatic rings. The molecule has 3 rings (SSSR count). The number of rotatable bonds is 7. The second-order valence-electron chi connectivity index (χ2n) is 5.36. The monoisotopic (exact) mass is 351 g/mol. The maximum Gasteiger partial charge on any atom is 0.374 e. The number of ether oxygens (including phenoxy) is 2. The van der Waals surface area contributed by atoms with Crippen LogP contribution >= 0.6 is 0 Å². The van der Waals surface area contributed by atoms with Crippen LogP contribution in [0, 0.1) is 0 Å². The summed E-state index contributed by atoms with van der Waals surface area (Å²) in [6, 6.07) is 21.3. The fourth-order valence-corrected chi connectivity index (χ4v) is 2.16. The first-order valence-corrected chi connectivity index (χ1v) is 7.99. The molecule has 132 valence electrons. The van der Waals surface area contributed by atoms with Gasteiger partial charge in [0.05, 0.1) is 0 Å². The van der Waals surface area contributed by atoms with Crippen molar-refractivity contribution < 1.29 is 23.5 Å². The summed E-state index contributed by atoms with van der Waals surface area (Å²) in [5.41, 5.74) is 0.631. The molecule has 0 aliphatic carbocycles. The highest BCUT2D eigenvalue weighted by atomic mass is 16.6. The van der Waals surface area contributed by atoms with Crippen LogP contribution in [0.15, 0.2) is 77.2 Å². The van der Waals surface area contributed by atoms with Gasteiger partial charge < -0.3 is 19.2 Å². The first kappa shape index (κ1) is 17.3. The Hall–Kier alpha value is -3.54. The molecule has 1 N–H and O–H groups in total. The molecule has 0 atom stereocenters. The second kappa shape index (κ2) is 8.53. The number of hydrogen-bond acceptors (Lipinski definition) is 5. The zero-order valence-electron chi connectivity index (χ0n) is 13.9. The lowest BCUT2D eigenvalue weighted by Gasteiger charge is -2.05. The highest BCUT2D eigenvalue weighted by Crippen LogP contribution is 2.14. The summed E-state index contributed by atoms with van der Waals surface area (Å²) in [6.45, 7) is -0.212. The van der Waals surface area contributed by atoms with E-state index in [0.29, 0.717) is 17.2 Å². The lowest BCUT2D eigenvalue weighted by atomic mass is 10.3. The smallest absolute Gasteiger partial charge is 0.374 e. The molecule has 0 spiro atoms.